The minimum Gasteiger partial charge on any atom is -0.348 e. The molecule has 0 heterocycles. The fraction of sp³-hybridized carbons (Fsp3) is 0.269. The van der Waals surface area contributed by atoms with Gasteiger partial charge >= 0.3 is 0 Å². The fourth-order valence-electron chi connectivity index (χ4n) is 3.60. The van der Waals surface area contributed by atoms with Crippen molar-refractivity contribution in [3.8, 4) is 11.1 Å². The first-order valence-corrected chi connectivity index (χ1v) is 12.2. The van der Waals surface area contributed by atoms with Gasteiger partial charge in [0.15, 0.2) is 0 Å². The van der Waals surface area contributed by atoms with Gasteiger partial charge in [0.25, 0.3) is 5.91 Å². The highest BCUT2D eigenvalue weighted by Crippen LogP contribution is 2.25. The molecular weight excluding hydrogens is 434 g/mol. The van der Waals surface area contributed by atoms with Crippen molar-refractivity contribution in [3.05, 3.63) is 89.0 Å². The molecule has 0 atom stereocenters. The van der Waals surface area contributed by atoms with E-state index in [2.05, 4.69) is 34.5 Å². The largest absolute Gasteiger partial charge is 0.348 e. The first-order valence-electron chi connectivity index (χ1n) is 10.7. The number of benzene rings is 3. The molecule has 1 N–H and O–H groups in total. The van der Waals surface area contributed by atoms with E-state index < -0.39 is 10.0 Å². The number of aryl methyl sites for hydroxylation is 1. The van der Waals surface area contributed by atoms with Gasteiger partial charge in [-0.2, -0.15) is 0 Å². The van der Waals surface area contributed by atoms with Gasteiger partial charge in [0, 0.05) is 32.7 Å². The van der Waals surface area contributed by atoms with E-state index in [4.69, 9.17) is 0 Å². The fourth-order valence-corrected chi connectivity index (χ4v) is 4.53. The Balaban J connectivity index is 1.81. The van der Waals surface area contributed by atoms with Crippen LogP contribution in [-0.2, 0) is 23.1 Å². The molecule has 0 aliphatic rings. The van der Waals surface area contributed by atoms with Crippen molar-refractivity contribution >= 4 is 15.9 Å². The summed E-state index contributed by atoms with van der Waals surface area (Å²) >= 11 is 0. The van der Waals surface area contributed by atoms with Crippen molar-refractivity contribution in [1.29, 1.82) is 0 Å². The van der Waals surface area contributed by atoms with Crippen LogP contribution in [0.25, 0.3) is 11.1 Å². The Bertz CT molecular complexity index is 1230. The Kier molecular flexibility index (Phi) is 7.68. The molecule has 0 bridgehead atoms. The predicted molar refractivity (Wildman–Crippen MR) is 132 cm³/mol. The molecule has 0 spiro atoms. The topological polar surface area (TPSA) is 69.7 Å². The van der Waals surface area contributed by atoms with Crippen LogP contribution >= 0.6 is 0 Å². The average molecular weight is 466 g/mol. The summed E-state index contributed by atoms with van der Waals surface area (Å²) in [7, 11) is 3.40. The third-order valence-corrected chi connectivity index (χ3v) is 7.26. The second-order valence-corrected chi connectivity index (χ2v) is 10.7. The monoisotopic (exact) mass is 465 g/mol. The van der Waals surface area contributed by atoms with Crippen LogP contribution < -0.4 is 5.32 Å². The highest BCUT2D eigenvalue weighted by atomic mass is 32.2. The maximum absolute atomic E-state index is 13.0. The van der Waals surface area contributed by atoms with E-state index in [1.54, 1.807) is 13.0 Å². The van der Waals surface area contributed by atoms with Crippen LogP contribution in [0, 0.1) is 6.92 Å². The highest BCUT2D eigenvalue weighted by Gasteiger charge is 2.20. The number of nitrogens with one attached hydrogen (secondary N) is 1. The van der Waals surface area contributed by atoms with Crippen molar-refractivity contribution in [1.82, 2.24) is 14.5 Å². The number of hydrogen-bond donors (Lipinski definition) is 1. The summed E-state index contributed by atoms with van der Waals surface area (Å²) in [6.07, 6.45) is 0. The van der Waals surface area contributed by atoms with Gasteiger partial charge < -0.3 is 10.2 Å². The number of hydrogen-bond acceptors (Lipinski definition) is 4. The van der Waals surface area contributed by atoms with E-state index in [0.717, 1.165) is 33.1 Å². The van der Waals surface area contributed by atoms with Gasteiger partial charge in [0.1, 0.15) is 0 Å². The molecule has 7 heteroatoms. The van der Waals surface area contributed by atoms with Crippen LogP contribution in [0.5, 0.6) is 0 Å². The Morgan fingerprint density at radius 3 is 2.21 bits per heavy atom. The maximum atomic E-state index is 13.0. The van der Waals surface area contributed by atoms with Crippen LogP contribution in [-0.4, -0.2) is 51.7 Å². The minimum absolute atomic E-state index is 0.0986. The van der Waals surface area contributed by atoms with E-state index in [1.807, 2.05) is 38.4 Å². The van der Waals surface area contributed by atoms with E-state index >= 15 is 0 Å². The van der Waals surface area contributed by atoms with Gasteiger partial charge in [-0.05, 0) is 61.0 Å². The SMILES string of the molecule is Cc1ccc(S(=O)(=O)N(C)C)cc1C(=O)NCc1ccccc1-c1ccc(CN(C)C)cc1. The summed E-state index contributed by atoms with van der Waals surface area (Å²) in [5.41, 5.74) is 5.42. The first-order chi connectivity index (χ1) is 15.6. The average Bonchev–Trinajstić information content (AvgIpc) is 2.78. The third kappa shape index (κ3) is 5.87. The van der Waals surface area contributed by atoms with Crippen LogP contribution in [0.2, 0.25) is 0 Å². The minimum atomic E-state index is -3.62. The zero-order valence-electron chi connectivity index (χ0n) is 19.8. The molecule has 33 heavy (non-hydrogen) atoms. The first kappa shape index (κ1) is 24.6. The molecule has 0 unspecified atom stereocenters. The number of carbonyl (C=O) groups is 1. The molecule has 0 saturated heterocycles. The van der Waals surface area contributed by atoms with Crippen molar-refractivity contribution in [3.63, 3.8) is 0 Å². The molecule has 0 fully saturated rings. The molecule has 1 amide bonds. The van der Waals surface area contributed by atoms with Crippen molar-refractivity contribution in [2.45, 2.75) is 24.9 Å². The molecule has 174 valence electrons. The summed E-state index contributed by atoms with van der Waals surface area (Å²) in [5.74, 6) is -0.306. The molecule has 0 aliphatic carbocycles. The van der Waals surface area contributed by atoms with Crippen molar-refractivity contribution in [2.75, 3.05) is 28.2 Å². The van der Waals surface area contributed by atoms with E-state index in [0.29, 0.717) is 12.1 Å². The standard InChI is InChI=1S/C26H31N3O3S/c1-19-10-15-23(33(31,32)29(4)5)16-25(19)26(30)27-17-22-8-6-7-9-24(22)21-13-11-20(12-14-21)18-28(2)3/h6-16H,17-18H2,1-5H3,(H,27,30). The van der Waals surface area contributed by atoms with E-state index in [1.165, 1.54) is 31.8 Å². The number of amides is 1. The number of carbonyl (C=O) groups excluding carboxylic acids is 1. The number of nitrogens with zero attached hydrogens (tertiary/aromatic N) is 2. The Morgan fingerprint density at radius 2 is 1.58 bits per heavy atom. The van der Waals surface area contributed by atoms with Crippen LogP contribution in [0.3, 0.4) is 0 Å². The third-order valence-electron chi connectivity index (χ3n) is 5.45. The Labute approximate surface area is 196 Å². The Morgan fingerprint density at radius 1 is 0.909 bits per heavy atom. The van der Waals surface area contributed by atoms with Gasteiger partial charge in [-0.25, -0.2) is 12.7 Å². The van der Waals surface area contributed by atoms with Gasteiger partial charge in [-0.15, -0.1) is 0 Å². The van der Waals surface area contributed by atoms with Gasteiger partial charge in [-0.1, -0.05) is 54.6 Å². The molecule has 3 aromatic carbocycles. The van der Waals surface area contributed by atoms with Crippen LogP contribution in [0.4, 0.5) is 0 Å². The lowest BCUT2D eigenvalue weighted by Gasteiger charge is -2.15. The van der Waals surface area contributed by atoms with E-state index in [9.17, 15) is 13.2 Å². The van der Waals surface area contributed by atoms with Gasteiger partial charge in [-0.3, -0.25) is 4.79 Å². The predicted octanol–water partition coefficient (Wildman–Crippen LogP) is 3.90. The van der Waals surface area contributed by atoms with Gasteiger partial charge in [0.2, 0.25) is 10.0 Å². The molecule has 3 aromatic rings. The Hall–Kier alpha value is -3.00. The summed E-state index contributed by atoms with van der Waals surface area (Å²) < 4.78 is 26.1. The molecule has 0 saturated carbocycles. The van der Waals surface area contributed by atoms with Gasteiger partial charge in [0.05, 0.1) is 4.90 Å². The van der Waals surface area contributed by atoms with Crippen molar-refractivity contribution in [2.24, 2.45) is 0 Å². The van der Waals surface area contributed by atoms with Crippen LogP contribution in [0.1, 0.15) is 27.0 Å². The molecule has 0 aromatic heterocycles. The van der Waals surface area contributed by atoms with Crippen LogP contribution in [0.15, 0.2) is 71.6 Å². The second-order valence-electron chi connectivity index (χ2n) is 8.54. The molecular formula is C26H31N3O3S. The molecule has 3 rings (SSSR count). The maximum Gasteiger partial charge on any atom is 0.251 e. The lowest BCUT2D eigenvalue weighted by molar-refractivity contribution is 0.0950. The zero-order chi connectivity index (χ0) is 24.2. The summed E-state index contributed by atoms with van der Waals surface area (Å²) in [6.45, 7) is 3.00. The molecule has 0 aliphatic heterocycles. The summed E-state index contributed by atoms with van der Waals surface area (Å²) in [5, 5.41) is 2.96. The zero-order valence-corrected chi connectivity index (χ0v) is 20.6. The smallest absolute Gasteiger partial charge is 0.251 e. The lowest BCUT2D eigenvalue weighted by atomic mass is 9.98. The normalized spacial score (nSPS) is 11.7. The number of rotatable bonds is 8. The quantitative estimate of drug-likeness (QED) is 0.548. The lowest BCUT2D eigenvalue weighted by Crippen LogP contribution is -2.26. The second kappa shape index (κ2) is 10.3. The summed E-state index contributed by atoms with van der Waals surface area (Å²) in [6, 6.07) is 21.0. The molecule has 6 nitrogen and oxygen atoms in total. The molecule has 0 radical (unpaired) electrons. The summed E-state index contributed by atoms with van der Waals surface area (Å²) in [4.78, 5) is 15.2. The highest BCUT2D eigenvalue weighted by molar-refractivity contribution is 7.89. The number of sulfonamides is 1. The van der Waals surface area contributed by atoms with Crippen molar-refractivity contribution < 1.29 is 13.2 Å². The van der Waals surface area contributed by atoms with E-state index in [-0.39, 0.29) is 10.8 Å².